The number of aliphatic hydroxyl groups excluding tert-OH is 3. The number of rotatable bonds is 3. The third-order valence-electron chi connectivity index (χ3n) is 2.20. The maximum absolute atomic E-state index is 12.5. The molecule has 0 aromatic heterocycles. The maximum Gasteiger partial charge on any atom is 0.417 e. The van der Waals surface area contributed by atoms with Gasteiger partial charge in [0.25, 0.3) is 0 Å². The molecule has 0 fully saturated rings. The summed E-state index contributed by atoms with van der Waals surface area (Å²) in [6, 6.07) is 2.99. The minimum Gasteiger partial charge on any atom is -0.394 e. The first-order chi connectivity index (χ1) is 7.79. The minimum atomic E-state index is -4.64. The molecule has 0 spiro atoms. The van der Waals surface area contributed by atoms with Crippen molar-refractivity contribution in [3.8, 4) is 0 Å². The lowest BCUT2D eigenvalue weighted by atomic mass is 10.0. The molecule has 17 heavy (non-hydrogen) atoms. The maximum atomic E-state index is 12.5. The van der Waals surface area contributed by atoms with E-state index in [0.717, 1.165) is 18.2 Å². The first-order valence-corrected chi connectivity index (χ1v) is 4.99. The monoisotopic (exact) mass is 270 g/mol. The van der Waals surface area contributed by atoms with E-state index in [1.807, 2.05) is 0 Å². The van der Waals surface area contributed by atoms with Gasteiger partial charge in [-0.3, -0.25) is 0 Å². The number of alkyl halides is 3. The van der Waals surface area contributed by atoms with Gasteiger partial charge in [0.2, 0.25) is 0 Å². The van der Waals surface area contributed by atoms with Gasteiger partial charge in [0.15, 0.2) is 0 Å². The van der Waals surface area contributed by atoms with Gasteiger partial charge in [-0.2, -0.15) is 13.2 Å². The van der Waals surface area contributed by atoms with E-state index in [0.29, 0.717) is 0 Å². The second-order valence-electron chi connectivity index (χ2n) is 3.40. The van der Waals surface area contributed by atoms with E-state index >= 15 is 0 Å². The predicted octanol–water partition coefficient (Wildman–Crippen LogP) is 1.75. The summed E-state index contributed by atoms with van der Waals surface area (Å²) in [7, 11) is 0. The van der Waals surface area contributed by atoms with Crippen LogP contribution in [0.5, 0.6) is 0 Å². The molecule has 1 aromatic rings. The van der Waals surface area contributed by atoms with Gasteiger partial charge in [0.05, 0.1) is 17.2 Å². The second-order valence-corrected chi connectivity index (χ2v) is 3.78. The fourth-order valence-electron chi connectivity index (χ4n) is 1.30. The van der Waals surface area contributed by atoms with Gasteiger partial charge < -0.3 is 15.3 Å². The van der Waals surface area contributed by atoms with Crippen LogP contribution < -0.4 is 0 Å². The number of benzene rings is 1. The van der Waals surface area contributed by atoms with Crippen LogP contribution in [0.1, 0.15) is 17.2 Å². The summed E-state index contributed by atoms with van der Waals surface area (Å²) in [6.07, 6.45) is -7.90. The van der Waals surface area contributed by atoms with Gasteiger partial charge in [-0.05, 0) is 6.07 Å². The fourth-order valence-corrected chi connectivity index (χ4v) is 1.65. The van der Waals surface area contributed by atoms with E-state index in [-0.39, 0.29) is 5.56 Å². The Morgan fingerprint density at radius 2 is 1.82 bits per heavy atom. The van der Waals surface area contributed by atoms with Crippen molar-refractivity contribution in [2.24, 2.45) is 0 Å². The molecular weight excluding hydrogens is 261 g/mol. The molecule has 0 aliphatic heterocycles. The summed E-state index contributed by atoms with van der Waals surface area (Å²) >= 11 is 5.52. The molecule has 0 radical (unpaired) electrons. The van der Waals surface area contributed by atoms with Crippen molar-refractivity contribution in [1.82, 2.24) is 0 Å². The van der Waals surface area contributed by atoms with Crippen molar-refractivity contribution < 1.29 is 28.5 Å². The Hall–Kier alpha value is -0.820. The van der Waals surface area contributed by atoms with Gasteiger partial charge in [0, 0.05) is 5.56 Å². The molecule has 2 unspecified atom stereocenters. The molecule has 0 aliphatic carbocycles. The number of hydrogen-bond acceptors (Lipinski definition) is 3. The van der Waals surface area contributed by atoms with Crippen LogP contribution >= 0.6 is 11.6 Å². The first kappa shape index (κ1) is 14.2. The Bertz CT molecular complexity index is 395. The number of halogens is 4. The Kier molecular flexibility index (Phi) is 4.37. The number of aliphatic hydroxyl groups is 3. The largest absolute Gasteiger partial charge is 0.417 e. The predicted molar refractivity (Wildman–Crippen MR) is 54.5 cm³/mol. The van der Waals surface area contributed by atoms with Crippen LogP contribution in [0.2, 0.25) is 5.02 Å². The van der Waals surface area contributed by atoms with Gasteiger partial charge in [-0.1, -0.05) is 23.7 Å². The molecule has 0 saturated carbocycles. The lowest BCUT2D eigenvalue weighted by Gasteiger charge is -2.19. The lowest BCUT2D eigenvalue weighted by Crippen LogP contribution is -2.23. The van der Waals surface area contributed by atoms with Crippen molar-refractivity contribution in [3.05, 3.63) is 34.3 Å². The Balaban J connectivity index is 3.19. The van der Waals surface area contributed by atoms with Crippen molar-refractivity contribution in [2.45, 2.75) is 18.4 Å². The smallest absolute Gasteiger partial charge is 0.394 e. The average molecular weight is 271 g/mol. The van der Waals surface area contributed by atoms with Crippen molar-refractivity contribution in [3.63, 3.8) is 0 Å². The normalized spacial score (nSPS) is 15.7. The highest BCUT2D eigenvalue weighted by atomic mass is 35.5. The fraction of sp³-hybridized carbons (Fsp3) is 0.400. The van der Waals surface area contributed by atoms with E-state index in [9.17, 15) is 18.3 Å². The second kappa shape index (κ2) is 5.22. The van der Waals surface area contributed by atoms with E-state index in [4.69, 9.17) is 21.8 Å². The molecule has 1 rings (SSSR count). The Labute approximate surface area is 100 Å². The van der Waals surface area contributed by atoms with Gasteiger partial charge in [-0.15, -0.1) is 0 Å². The van der Waals surface area contributed by atoms with E-state index < -0.39 is 35.6 Å². The topological polar surface area (TPSA) is 60.7 Å². The summed E-state index contributed by atoms with van der Waals surface area (Å²) in [5.41, 5.74) is -1.37. The highest BCUT2D eigenvalue weighted by molar-refractivity contribution is 6.32. The van der Waals surface area contributed by atoms with E-state index in [1.54, 1.807) is 0 Å². The summed E-state index contributed by atoms with van der Waals surface area (Å²) < 4.78 is 37.5. The van der Waals surface area contributed by atoms with Crippen LogP contribution in [0.25, 0.3) is 0 Å². The molecule has 7 heteroatoms. The number of hydrogen-bond donors (Lipinski definition) is 3. The van der Waals surface area contributed by atoms with Crippen LogP contribution in [0.15, 0.2) is 18.2 Å². The summed E-state index contributed by atoms with van der Waals surface area (Å²) in [6.45, 7) is -0.784. The molecule has 0 saturated heterocycles. The van der Waals surface area contributed by atoms with Crippen LogP contribution in [-0.2, 0) is 6.18 Å². The minimum absolute atomic E-state index is 0.275. The van der Waals surface area contributed by atoms with E-state index in [2.05, 4.69) is 0 Å². The molecule has 3 nitrogen and oxygen atoms in total. The molecule has 2 atom stereocenters. The first-order valence-electron chi connectivity index (χ1n) is 4.61. The highest BCUT2D eigenvalue weighted by Crippen LogP contribution is 2.38. The van der Waals surface area contributed by atoms with Crippen molar-refractivity contribution in [1.29, 1.82) is 0 Å². The zero-order chi connectivity index (χ0) is 13.2. The summed E-state index contributed by atoms with van der Waals surface area (Å²) in [4.78, 5) is 0. The van der Waals surface area contributed by atoms with Gasteiger partial charge >= 0.3 is 6.18 Å². The standard InChI is InChI=1S/C10H10ClF3O3/c11-8-5(9(17)7(16)4-15)2-1-3-6(8)10(12,13)14/h1-3,7,9,15-17H,4H2. The van der Waals surface area contributed by atoms with Gasteiger partial charge in [-0.25, -0.2) is 0 Å². The van der Waals surface area contributed by atoms with Crippen LogP contribution in [0.4, 0.5) is 13.2 Å². The van der Waals surface area contributed by atoms with Crippen molar-refractivity contribution >= 4 is 11.6 Å². The van der Waals surface area contributed by atoms with Crippen LogP contribution in [0.3, 0.4) is 0 Å². The molecule has 96 valence electrons. The summed E-state index contributed by atoms with van der Waals surface area (Å²) in [5, 5.41) is 26.6. The highest BCUT2D eigenvalue weighted by Gasteiger charge is 2.35. The third kappa shape index (κ3) is 3.10. The quantitative estimate of drug-likeness (QED) is 0.784. The summed E-state index contributed by atoms with van der Waals surface area (Å²) in [5.74, 6) is 0. The molecule has 1 aromatic carbocycles. The van der Waals surface area contributed by atoms with Crippen LogP contribution in [0, 0.1) is 0 Å². The Morgan fingerprint density at radius 1 is 1.24 bits per heavy atom. The zero-order valence-corrected chi connectivity index (χ0v) is 9.20. The van der Waals surface area contributed by atoms with Crippen LogP contribution in [-0.4, -0.2) is 28.0 Å². The molecule has 3 N–H and O–H groups in total. The molecule has 0 heterocycles. The molecular formula is C10H10ClF3O3. The molecule has 0 bridgehead atoms. The third-order valence-corrected chi connectivity index (χ3v) is 2.63. The van der Waals surface area contributed by atoms with Gasteiger partial charge in [0.1, 0.15) is 12.2 Å². The zero-order valence-electron chi connectivity index (χ0n) is 8.45. The average Bonchev–Trinajstić information content (AvgIpc) is 2.25. The van der Waals surface area contributed by atoms with E-state index in [1.165, 1.54) is 0 Å². The lowest BCUT2D eigenvalue weighted by molar-refractivity contribution is -0.137. The Morgan fingerprint density at radius 3 is 2.29 bits per heavy atom. The van der Waals surface area contributed by atoms with Crippen molar-refractivity contribution in [2.75, 3.05) is 6.61 Å². The molecule has 0 amide bonds. The SMILES string of the molecule is OCC(O)C(O)c1cccc(C(F)(F)F)c1Cl. The molecule has 0 aliphatic rings.